The summed E-state index contributed by atoms with van der Waals surface area (Å²) in [5.74, 6) is 1.20. The van der Waals surface area contributed by atoms with Crippen molar-refractivity contribution >= 4 is 34.6 Å². The highest BCUT2D eigenvalue weighted by Crippen LogP contribution is 2.46. The lowest BCUT2D eigenvalue weighted by atomic mass is 10.2. The molecule has 0 heterocycles. The lowest BCUT2D eigenvalue weighted by Gasteiger charge is -2.42. The third-order valence-corrected chi connectivity index (χ3v) is 23.9. The Labute approximate surface area is 196 Å². The van der Waals surface area contributed by atoms with E-state index in [4.69, 9.17) is 4.74 Å². The van der Waals surface area contributed by atoms with Crippen LogP contribution in [-0.4, -0.2) is 31.3 Å². The van der Waals surface area contributed by atoms with Gasteiger partial charge in [0.15, 0.2) is 0 Å². The number of methoxy groups -OCH3 is 1. The zero-order chi connectivity index (χ0) is 24.2. The van der Waals surface area contributed by atoms with E-state index in [9.17, 15) is 0 Å². The molecule has 1 aromatic carbocycles. The van der Waals surface area contributed by atoms with Gasteiger partial charge in [0, 0.05) is 0 Å². The molecule has 2 rings (SSSR count). The standard InChI is InChI=1S/C27H48OSi3/c1-20-18-23(25(28-8)24(19-20)31(13,14)27(5,6)7)29(9,10)21-16-15-17-22(21)30(11,12)26(2,3)4/h15,17-19H,16H2,1-14H3. The Morgan fingerprint density at radius 1 is 0.774 bits per heavy atom. The fraction of sp³-hybridized carbons (Fsp3) is 0.630. The van der Waals surface area contributed by atoms with Gasteiger partial charge in [-0.25, -0.2) is 0 Å². The first-order valence-corrected chi connectivity index (χ1v) is 20.9. The molecular formula is C27H48OSi3. The molecule has 0 bridgehead atoms. The maximum absolute atomic E-state index is 6.28. The molecule has 31 heavy (non-hydrogen) atoms. The highest BCUT2D eigenvalue weighted by Gasteiger charge is 2.45. The number of hydrogen-bond donors (Lipinski definition) is 0. The molecule has 0 spiro atoms. The van der Waals surface area contributed by atoms with Crippen LogP contribution in [0.2, 0.25) is 49.4 Å². The third kappa shape index (κ3) is 4.49. The minimum Gasteiger partial charge on any atom is -0.497 e. The molecule has 1 aliphatic rings. The Morgan fingerprint density at radius 3 is 1.71 bits per heavy atom. The maximum atomic E-state index is 6.28. The van der Waals surface area contributed by atoms with Gasteiger partial charge in [-0.3, -0.25) is 0 Å². The van der Waals surface area contributed by atoms with Crippen LogP contribution in [-0.2, 0) is 0 Å². The van der Waals surface area contributed by atoms with Crippen molar-refractivity contribution in [2.45, 2.75) is 104 Å². The van der Waals surface area contributed by atoms with Gasteiger partial charge in [0.2, 0.25) is 0 Å². The van der Waals surface area contributed by atoms with Crippen LogP contribution in [0.1, 0.15) is 53.5 Å². The van der Waals surface area contributed by atoms with Crippen LogP contribution in [0.5, 0.6) is 5.75 Å². The highest BCUT2D eigenvalue weighted by atomic mass is 28.3. The summed E-state index contributed by atoms with van der Waals surface area (Å²) in [6.07, 6.45) is 6.03. The Bertz CT molecular complexity index is 904. The van der Waals surface area contributed by atoms with E-state index in [2.05, 4.69) is 112 Å². The number of rotatable bonds is 5. The molecule has 0 aromatic heterocycles. The molecule has 0 saturated carbocycles. The van der Waals surface area contributed by atoms with Crippen molar-refractivity contribution in [3.05, 3.63) is 40.2 Å². The molecule has 0 atom stereocenters. The number of ether oxygens (including phenoxy) is 1. The molecule has 174 valence electrons. The topological polar surface area (TPSA) is 9.23 Å². The minimum absolute atomic E-state index is 0.275. The van der Waals surface area contributed by atoms with Crippen molar-refractivity contribution in [3.8, 4) is 5.75 Å². The van der Waals surface area contributed by atoms with E-state index in [-0.39, 0.29) is 5.04 Å². The zero-order valence-corrected chi connectivity index (χ0v) is 25.9. The van der Waals surface area contributed by atoms with E-state index in [1.165, 1.54) is 21.7 Å². The third-order valence-electron chi connectivity index (χ3n) is 8.89. The molecule has 0 aliphatic heterocycles. The SMILES string of the molecule is COc1c([Si](C)(C)C2=C([Si](C)(C)C(C)(C)C)C=CC2)cc(C)cc1[Si](C)(C)C(C)(C)C. The molecule has 1 aliphatic carbocycles. The summed E-state index contributed by atoms with van der Waals surface area (Å²) in [6.45, 7) is 32.1. The molecule has 0 amide bonds. The van der Waals surface area contributed by atoms with Gasteiger partial charge in [0.1, 0.15) is 13.8 Å². The average Bonchev–Trinajstić information content (AvgIpc) is 3.10. The van der Waals surface area contributed by atoms with Gasteiger partial charge in [0.25, 0.3) is 0 Å². The van der Waals surface area contributed by atoms with Gasteiger partial charge in [-0.2, -0.15) is 0 Å². The summed E-state index contributed by atoms with van der Waals surface area (Å²) in [5, 5.41) is 7.06. The Balaban J connectivity index is 2.83. The second kappa shape index (κ2) is 8.18. The van der Waals surface area contributed by atoms with Crippen LogP contribution in [0.4, 0.5) is 0 Å². The number of allylic oxidation sites excluding steroid dienone is 4. The van der Waals surface area contributed by atoms with Gasteiger partial charge in [0.05, 0.1) is 23.3 Å². The molecule has 0 fully saturated rings. The summed E-state index contributed by atoms with van der Waals surface area (Å²) in [7, 11) is -3.36. The van der Waals surface area contributed by atoms with Gasteiger partial charge in [-0.15, -0.1) is 0 Å². The molecule has 0 radical (unpaired) electrons. The smallest absolute Gasteiger partial charge is 0.117 e. The summed E-state index contributed by atoms with van der Waals surface area (Å²) in [4.78, 5) is 0. The zero-order valence-electron chi connectivity index (χ0n) is 22.9. The molecule has 1 nitrogen and oxygen atoms in total. The first-order valence-electron chi connectivity index (χ1n) is 11.9. The van der Waals surface area contributed by atoms with E-state index in [1.807, 2.05) is 7.11 Å². The number of hydrogen-bond acceptors (Lipinski definition) is 1. The van der Waals surface area contributed by atoms with Gasteiger partial charge < -0.3 is 4.74 Å². The van der Waals surface area contributed by atoms with Crippen molar-refractivity contribution in [1.29, 1.82) is 0 Å². The summed E-state index contributed by atoms with van der Waals surface area (Å²) < 4.78 is 6.28. The van der Waals surface area contributed by atoms with E-state index < -0.39 is 24.2 Å². The molecular weight excluding hydrogens is 425 g/mol. The summed E-state index contributed by atoms with van der Waals surface area (Å²) in [6, 6.07) is 4.89. The fourth-order valence-electron chi connectivity index (χ4n) is 4.57. The molecule has 0 unspecified atom stereocenters. The lowest BCUT2D eigenvalue weighted by Crippen LogP contribution is -2.54. The molecule has 1 aromatic rings. The Hall–Kier alpha value is -0.849. The largest absolute Gasteiger partial charge is 0.497 e. The Kier molecular flexibility index (Phi) is 6.96. The molecule has 0 saturated heterocycles. The minimum atomic E-state index is -1.92. The predicted octanol–water partition coefficient (Wildman–Crippen LogP) is 7.48. The second-order valence-corrected chi connectivity index (χ2v) is 28.2. The van der Waals surface area contributed by atoms with E-state index >= 15 is 0 Å². The first-order chi connectivity index (χ1) is 13.8. The van der Waals surface area contributed by atoms with Crippen LogP contribution < -0.4 is 15.1 Å². The number of aryl methyl sites for hydroxylation is 1. The second-order valence-electron chi connectivity index (χ2n) is 13.3. The summed E-state index contributed by atoms with van der Waals surface area (Å²) >= 11 is 0. The van der Waals surface area contributed by atoms with Crippen molar-refractivity contribution < 1.29 is 4.74 Å². The fourth-order valence-corrected chi connectivity index (χ4v) is 14.1. The summed E-state index contributed by atoms with van der Waals surface area (Å²) in [5.41, 5.74) is 1.39. The normalized spacial score (nSPS) is 16.3. The van der Waals surface area contributed by atoms with Gasteiger partial charge >= 0.3 is 0 Å². The van der Waals surface area contributed by atoms with Crippen molar-refractivity contribution in [2.75, 3.05) is 7.11 Å². The maximum Gasteiger partial charge on any atom is 0.117 e. The molecule has 4 heteroatoms. The van der Waals surface area contributed by atoms with Gasteiger partial charge in [-0.05, 0) is 33.8 Å². The number of benzene rings is 1. The lowest BCUT2D eigenvalue weighted by molar-refractivity contribution is 0.420. The quantitative estimate of drug-likeness (QED) is 0.404. The predicted molar refractivity (Wildman–Crippen MR) is 150 cm³/mol. The van der Waals surface area contributed by atoms with E-state index in [0.29, 0.717) is 5.04 Å². The van der Waals surface area contributed by atoms with Crippen LogP contribution in [0.3, 0.4) is 0 Å². The van der Waals surface area contributed by atoms with E-state index in [0.717, 1.165) is 6.42 Å². The first kappa shape index (κ1) is 26.4. The average molecular weight is 473 g/mol. The van der Waals surface area contributed by atoms with Crippen LogP contribution >= 0.6 is 0 Å². The monoisotopic (exact) mass is 472 g/mol. The van der Waals surface area contributed by atoms with Crippen LogP contribution in [0.25, 0.3) is 0 Å². The van der Waals surface area contributed by atoms with E-state index in [1.54, 1.807) is 10.4 Å². The van der Waals surface area contributed by atoms with Crippen molar-refractivity contribution in [2.24, 2.45) is 0 Å². The van der Waals surface area contributed by atoms with Crippen molar-refractivity contribution in [3.63, 3.8) is 0 Å². The van der Waals surface area contributed by atoms with Gasteiger partial charge in [-0.1, -0.05) is 121 Å². The highest BCUT2D eigenvalue weighted by molar-refractivity contribution is 7.00. The van der Waals surface area contributed by atoms with Crippen LogP contribution in [0, 0.1) is 6.92 Å². The molecule has 0 N–H and O–H groups in total. The van der Waals surface area contributed by atoms with Crippen molar-refractivity contribution in [1.82, 2.24) is 0 Å². The Morgan fingerprint density at radius 2 is 1.26 bits per heavy atom. The van der Waals surface area contributed by atoms with Crippen LogP contribution in [0.15, 0.2) is 34.7 Å².